The van der Waals surface area contributed by atoms with Crippen molar-refractivity contribution in [3.63, 3.8) is 0 Å². The fourth-order valence-corrected chi connectivity index (χ4v) is 2.76. The Morgan fingerprint density at radius 2 is 2.33 bits per heavy atom. The molecule has 1 saturated carbocycles. The van der Waals surface area contributed by atoms with Crippen molar-refractivity contribution in [3.05, 3.63) is 22.8 Å². The maximum Gasteiger partial charge on any atom is 0.0960 e. The van der Waals surface area contributed by atoms with Crippen molar-refractivity contribution in [1.29, 1.82) is 5.26 Å². The van der Waals surface area contributed by atoms with E-state index in [2.05, 4.69) is 27.0 Å². The van der Waals surface area contributed by atoms with Gasteiger partial charge in [-0.15, -0.1) is 11.8 Å². The molecular weight excluding hydrogens is 272 g/mol. The molecule has 15 heavy (non-hydrogen) atoms. The van der Waals surface area contributed by atoms with Gasteiger partial charge in [0.05, 0.1) is 11.1 Å². The van der Waals surface area contributed by atoms with Gasteiger partial charge in [0.2, 0.25) is 0 Å². The van der Waals surface area contributed by atoms with Gasteiger partial charge in [0.25, 0.3) is 0 Å². The number of nitrogens with zero attached hydrogens (tertiary/aromatic N) is 2. The van der Waals surface area contributed by atoms with Crippen LogP contribution in [0.1, 0.15) is 19.3 Å². The Balaban J connectivity index is 1.88. The van der Waals surface area contributed by atoms with E-state index < -0.39 is 0 Å². The van der Waals surface area contributed by atoms with Crippen LogP contribution in [0.2, 0.25) is 0 Å². The Morgan fingerprint density at radius 1 is 1.53 bits per heavy atom. The van der Waals surface area contributed by atoms with Crippen LogP contribution in [0, 0.1) is 16.7 Å². The van der Waals surface area contributed by atoms with Gasteiger partial charge < -0.3 is 0 Å². The van der Waals surface area contributed by atoms with E-state index in [0.29, 0.717) is 11.8 Å². The SMILES string of the molecule is N#CCC1(CSc2ccc(Br)cn2)CC1. The summed E-state index contributed by atoms with van der Waals surface area (Å²) in [6, 6.07) is 6.28. The van der Waals surface area contributed by atoms with E-state index in [-0.39, 0.29) is 0 Å². The van der Waals surface area contributed by atoms with Crippen LogP contribution in [0.4, 0.5) is 0 Å². The Labute approximate surface area is 102 Å². The highest BCUT2D eigenvalue weighted by Gasteiger charge is 2.42. The Bertz CT molecular complexity index is 379. The smallest absolute Gasteiger partial charge is 0.0960 e. The summed E-state index contributed by atoms with van der Waals surface area (Å²) in [5.41, 5.74) is 0.300. The molecule has 2 rings (SSSR count). The van der Waals surface area contributed by atoms with Crippen molar-refractivity contribution in [3.8, 4) is 6.07 Å². The summed E-state index contributed by atoms with van der Waals surface area (Å²) in [6.45, 7) is 0. The normalized spacial score (nSPS) is 17.1. The molecule has 1 heterocycles. The van der Waals surface area contributed by atoms with Gasteiger partial charge in [0.1, 0.15) is 0 Å². The van der Waals surface area contributed by atoms with E-state index in [9.17, 15) is 0 Å². The summed E-state index contributed by atoms with van der Waals surface area (Å²) in [4.78, 5) is 4.30. The zero-order chi connectivity index (χ0) is 10.7. The molecular formula is C11H11BrN2S. The molecule has 0 spiro atoms. The minimum atomic E-state index is 0.300. The lowest BCUT2D eigenvalue weighted by Gasteiger charge is -2.09. The van der Waals surface area contributed by atoms with E-state index in [4.69, 9.17) is 5.26 Å². The number of halogens is 1. The minimum absolute atomic E-state index is 0.300. The quantitative estimate of drug-likeness (QED) is 0.792. The molecule has 2 nitrogen and oxygen atoms in total. The van der Waals surface area contributed by atoms with Gasteiger partial charge in [-0.3, -0.25) is 0 Å². The van der Waals surface area contributed by atoms with Crippen molar-refractivity contribution < 1.29 is 0 Å². The van der Waals surface area contributed by atoms with Crippen LogP contribution in [0.25, 0.3) is 0 Å². The van der Waals surface area contributed by atoms with Crippen molar-refractivity contribution in [1.82, 2.24) is 4.98 Å². The highest BCUT2D eigenvalue weighted by molar-refractivity contribution is 9.10. The average molecular weight is 283 g/mol. The van der Waals surface area contributed by atoms with Crippen LogP contribution in [0.15, 0.2) is 27.8 Å². The maximum absolute atomic E-state index is 8.69. The molecule has 0 atom stereocenters. The molecule has 0 N–H and O–H groups in total. The summed E-state index contributed by atoms with van der Waals surface area (Å²) in [6.07, 6.45) is 4.90. The lowest BCUT2D eigenvalue weighted by atomic mass is 10.1. The molecule has 0 aliphatic heterocycles. The minimum Gasteiger partial charge on any atom is -0.249 e. The van der Waals surface area contributed by atoms with Gasteiger partial charge in [0.15, 0.2) is 0 Å². The van der Waals surface area contributed by atoms with Crippen LogP contribution in [0.3, 0.4) is 0 Å². The van der Waals surface area contributed by atoms with E-state index in [0.717, 1.165) is 15.3 Å². The summed E-state index contributed by atoms with van der Waals surface area (Å²) >= 11 is 5.11. The predicted octanol–water partition coefficient (Wildman–Crippen LogP) is 3.63. The van der Waals surface area contributed by atoms with Crippen LogP contribution in [-0.4, -0.2) is 10.7 Å². The lowest BCUT2D eigenvalue weighted by Crippen LogP contribution is -2.02. The van der Waals surface area contributed by atoms with Crippen molar-refractivity contribution in [2.24, 2.45) is 5.41 Å². The number of rotatable bonds is 4. The molecule has 0 saturated heterocycles. The van der Waals surface area contributed by atoms with E-state index in [1.807, 2.05) is 18.3 Å². The molecule has 1 aliphatic rings. The van der Waals surface area contributed by atoms with Gasteiger partial charge in [-0.25, -0.2) is 4.98 Å². The number of aromatic nitrogens is 1. The first-order chi connectivity index (χ1) is 7.24. The maximum atomic E-state index is 8.69. The first-order valence-electron chi connectivity index (χ1n) is 4.85. The van der Waals surface area contributed by atoms with Gasteiger partial charge in [0, 0.05) is 22.8 Å². The summed E-state index contributed by atoms with van der Waals surface area (Å²) in [5, 5.41) is 9.74. The topological polar surface area (TPSA) is 36.7 Å². The Morgan fingerprint density at radius 3 is 2.87 bits per heavy atom. The number of pyridine rings is 1. The molecule has 1 aromatic rings. The first-order valence-corrected chi connectivity index (χ1v) is 6.63. The predicted molar refractivity (Wildman–Crippen MR) is 64.6 cm³/mol. The van der Waals surface area contributed by atoms with Crippen molar-refractivity contribution in [2.75, 3.05) is 5.75 Å². The van der Waals surface area contributed by atoms with Gasteiger partial charge >= 0.3 is 0 Å². The Hall–Kier alpha value is -0.530. The third kappa shape index (κ3) is 2.96. The monoisotopic (exact) mass is 282 g/mol. The second-order valence-corrected chi connectivity index (χ2v) is 5.85. The number of thioether (sulfide) groups is 1. The molecule has 0 amide bonds. The molecule has 0 radical (unpaired) electrons. The second-order valence-electron chi connectivity index (χ2n) is 3.94. The third-order valence-corrected chi connectivity index (χ3v) is 4.40. The van der Waals surface area contributed by atoms with Gasteiger partial charge in [-0.05, 0) is 46.3 Å². The molecule has 0 unspecified atom stereocenters. The van der Waals surface area contributed by atoms with Gasteiger partial charge in [-0.2, -0.15) is 5.26 Å². The summed E-state index contributed by atoms with van der Waals surface area (Å²) < 4.78 is 1.00. The number of nitriles is 1. The van der Waals surface area contributed by atoms with Crippen LogP contribution >= 0.6 is 27.7 Å². The molecule has 0 bridgehead atoms. The third-order valence-electron chi connectivity index (χ3n) is 2.64. The summed E-state index contributed by atoms with van der Waals surface area (Å²) in [5.74, 6) is 1.02. The van der Waals surface area contributed by atoms with E-state index in [1.165, 1.54) is 12.8 Å². The second kappa shape index (κ2) is 4.54. The van der Waals surface area contributed by atoms with Crippen molar-refractivity contribution in [2.45, 2.75) is 24.3 Å². The highest BCUT2D eigenvalue weighted by atomic mass is 79.9. The van der Waals surface area contributed by atoms with Crippen LogP contribution in [0.5, 0.6) is 0 Å². The highest BCUT2D eigenvalue weighted by Crippen LogP contribution is 2.51. The molecule has 1 fully saturated rings. The fraction of sp³-hybridized carbons (Fsp3) is 0.455. The number of hydrogen-bond donors (Lipinski definition) is 0. The molecule has 0 aromatic carbocycles. The van der Waals surface area contributed by atoms with Crippen LogP contribution in [-0.2, 0) is 0 Å². The zero-order valence-electron chi connectivity index (χ0n) is 8.24. The van der Waals surface area contributed by atoms with E-state index in [1.54, 1.807) is 11.8 Å². The number of hydrogen-bond acceptors (Lipinski definition) is 3. The summed E-state index contributed by atoms with van der Waals surface area (Å²) in [7, 11) is 0. The fourth-order valence-electron chi connectivity index (χ4n) is 1.39. The largest absolute Gasteiger partial charge is 0.249 e. The standard InChI is InChI=1S/C11H11BrN2S/c12-9-1-2-10(14-7-9)15-8-11(3-4-11)5-6-13/h1-2,7H,3-5,8H2. The molecule has 1 aromatic heterocycles. The molecule has 78 valence electrons. The zero-order valence-corrected chi connectivity index (χ0v) is 10.6. The Kier molecular flexibility index (Phi) is 3.32. The molecule has 4 heteroatoms. The lowest BCUT2D eigenvalue weighted by molar-refractivity contribution is 0.604. The van der Waals surface area contributed by atoms with Gasteiger partial charge in [-0.1, -0.05) is 0 Å². The van der Waals surface area contributed by atoms with Crippen LogP contribution < -0.4 is 0 Å². The average Bonchev–Trinajstić information content (AvgIpc) is 2.99. The van der Waals surface area contributed by atoms with Crippen molar-refractivity contribution >= 4 is 27.7 Å². The van der Waals surface area contributed by atoms with E-state index >= 15 is 0 Å². The molecule has 1 aliphatic carbocycles. The first kappa shape index (κ1) is 11.0.